The fourth-order valence-electron chi connectivity index (χ4n) is 2.32. The molecule has 0 amide bonds. The highest BCUT2D eigenvalue weighted by molar-refractivity contribution is 9.10. The molecule has 0 saturated heterocycles. The number of thiophene rings is 1. The predicted octanol–water partition coefficient (Wildman–Crippen LogP) is 3.03. The molecule has 1 nitrogen and oxygen atoms in total. The van der Waals surface area contributed by atoms with E-state index >= 15 is 0 Å². The Balaban J connectivity index is 2.05. The molecule has 0 atom stereocenters. The van der Waals surface area contributed by atoms with E-state index in [4.69, 9.17) is 5.73 Å². The third-order valence-corrected chi connectivity index (χ3v) is 5.59. The largest absolute Gasteiger partial charge is 0.324 e. The van der Waals surface area contributed by atoms with E-state index in [2.05, 4.69) is 27.4 Å². The van der Waals surface area contributed by atoms with Gasteiger partial charge in [-0.05, 0) is 53.1 Å². The van der Waals surface area contributed by atoms with E-state index in [0.717, 1.165) is 0 Å². The Morgan fingerprint density at radius 3 is 2.38 bits per heavy atom. The predicted molar refractivity (Wildman–Crippen MR) is 59.1 cm³/mol. The second-order valence-electron chi connectivity index (χ2n) is 4.34. The molecule has 0 aliphatic heterocycles. The molecule has 0 bridgehead atoms. The van der Waals surface area contributed by atoms with Gasteiger partial charge in [-0.2, -0.15) is 0 Å². The van der Waals surface area contributed by atoms with E-state index in [1.807, 2.05) is 11.3 Å². The van der Waals surface area contributed by atoms with Crippen LogP contribution in [0.5, 0.6) is 0 Å². The van der Waals surface area contributed by atoms with Crippen LogP contribution in [0.2, 0.25) is 0 Å². The molecule has 0 radical (unpaired) electrons. The molecule has 70 valence electrons. The first-order valence-electron chi connectivity index (χ1n) is 4.70. The standard InChI is InChI=1S/C10H12BrNS/c11-7-1-6-13-8(7)9(2-3-9)10(12)4-5-10/h1,6H,2-5,12H2. The third-order valence-electron chi connectivity index (χ3n) is 3.54. The fourth-order valence-corrected chi connectivity index (χ4v) is 4.45. The number of hydrogen-bond donors (Lipinski definition) is 1. The number of nitrogens with two attached hydrogens (primary N) is 1. The lowest BCUT2D eigenvalue weighted by Gasteiger charge is -2.21. The van der Waals surface area contributed by atoms with Crippen molar-refractivity contribution in [2.45, 2.75) is 36.6 Å². The second kappa shape index (κ2) is 2.38. The first-order valence-corrected chi connectivity index (χ1v) is 6.38. The van der Waals surface area contributed by atoms with Crippen LogP contribution in [0, 0.1) is 0 Å². The lowest BCUT2D eigenvalue weighted by atomic mass is 9.93. The molecule has 2 aliphatic rings. The molecule has 1 heterocycles. The number of rotatable bonds is 2. The lowest BCUT2D eigenvalue weighted by molar-refractivity contribution is 0.510. The van der Waals surface area contributed by atoms with Crippen LogP contribution < -0.4 is 5.73 Å². The highest BCUT2D eigenvalue weighted by atomic mass is 79.9. The summed E-state index contributed by atoms with van der Waals surface area (Å²) in [6.45, 7) is 0. The van der Waals surface area contributed by atoms with Crippen molar-refractivity contribution >= 4 is 27.3 Å². The maximum absolute atomic E-state index is 6.33. The van der Waals surface area contributed by atoms with Gasteiger partial charge < -0.3 is 5.73 Å². The maximum atomic E-state index is 6.33. The molecule has 2 aliphatic carbocycles. The third kappa shape index (κ3) is 1.01. The average molecular weight is 258 g/mol. The Labute approximate surface area is 90.5 Å². The zero-order chi connectivity index (χ0) is 9.10. The van der Waals surface area contributed by atoms with Gasteiger partial charge in [-0.15, -0.1) is 11.3 Å². The van der Waals surface area contributed by atoms with E-state index in [1.165, 1.54) is 35.0 Å². The molecule has 1 aromatic heterocycles. The molecule has 13 heavy (non-hydrogen) atoms. The summed E-state index contributed by atoms with van der Waals surface area (Å²) in [5.74, 6) is 0. The van der Waals surface area contributed by atoms with Crippen molar-refractivity contribution in [3.05, 3.63) is 20.8 Å². The van der Waals surface area contributed by atoms with Crippen LogP contribution in [0.1, 0.15) is 30.6 Å². The fraction of sp³-hybridized carbons (Fsp3) is 0.600. The summed E-state index contributed by atoms with van der Waals surface area (Å²) >= 11 is 5.48. The van der Waals surface area contributed by atoms with Crippen LogP contribution in [-0.2, 0) is 5.41 Å². The van der Waals surface area contributed by atoms with Gasteiger partial charge in [0.05, 0.1) is 0 Å². The van der Waals surface area contributed by atoms with Gasteiger partial charge in [0.1, 0.15) is 0 Å². The summed E-state index contributed by atoms with van der Waals surface area (Å²) in [4.78, 5) is 1.49. The van der Waals surface area contributed by atoms with Crippen molar-refractivity contribution in [2.75, 3.05) is 0 Å². The second-order valence-corrected chi connectivity index (χ2v) is 6.11. The van der Waals surface area contributed by atoms with Crippen LogP contribution >= 0.6 is 27.3 Å². The summed E-state index contributed by atoms with van der Waals surface area (Å²) in [5.41, 5.74) is 6.85. The Bertz CT molecular complexity index is 350. The average Bonchev–Trinajstić information content (AvgIpc) is 2.98. The summed E-state index contributed by atoms with van der Waals surface area (Å²) < 4.78 is 1.27. The molecule has 0 spiro atoms. The first-order chi connectivity index (χ1) is 6.18. The summed E-state index contributed by atoms with van der Waals surface area (Å²) in [6, 6.07) is 2.14. The van der Waals surface area contributed by atoms with Crippen molar-refractivity contribution in [2.24, 2.45) is 5.73 Å². The van der Waals surface area contributed by atoms with Crippen LogP contribution in [0.4, 0.5) is 0 Å². The van der Waals surface area contributed by atoms with Crippen molar-refractivity contribution in [3.63, 3.8) is 0 Å². The molecule has 3 rings (SSSR count). The van der Waals surface area contributed by atoms with E-state index in [9.17, 15) is 0 Å². The molecule has 0 unspecified atom stereocenters. The van der Waals surface area contributed by atoms with E-state index in [1.54, 1.807) is 0 Å². The topological polar surface area (TPSA) is 26.0 Å². The molecular formula is C10H12BrNS. The van der Waals surface area contributed by atoms with Crippen LogP contribution in [0.15, 0.2) is 15.9 Å². The first kappa shape index (κ1) is 8.45. The minimum absolute atomic E-state index is 0.153. The molecule has 2 saturated carbocycles. The minimum Gasteiger partial charge on any atom is -0.324 e. The van der Waals surface area contributed by atoms with Gasteiger partial charge in [-0.3, -0.25) is 0 Å². The van der Waals surface area contributed by atoms with E-state index in [-0.39, 0.29) is 5.54 Å². The monoisotopic (exact) mass is 257 g/mol. The molecule has 2 fully saturated rings. The van der Waals surface area contributed by atoms with Crippen LogP contribution in [0.25, 0.3) is 0 Å². The Morgan fingerprint density at radius 2 is 2.00 bits per heavy atom. The van der Waals surface area contributed by atoms with Gasteiger partial charge in [-0.25, -0.2) is 0 Å². The summed E-state index contributed by atoms with van der Waals surface area (Å²) in [6.07, 6.45) is 5.03. The van der Waals surface area contributed by atoms with Crippen LogP contribution in [0.3, 0.4) is 0 Å². The summed E-state index contributed by atoms with van der Waals surface area (Å²) in [7, 11) is 0. The van der Waals surface area contributed by atoms with Gasteiger partial charge in [0.25, 0.3) is 0 Å². The lowest BCUT2D eigenvalue weighted by Crippen LogP contribution is -2.36. The summed E-state index contributed by atoms with van der Waals surface area (Å²) in [5, 5.41) is 2.16. The molecule has 1 aromatic rings. The van der Waals surface area contributed by atoms with Gasteiger partial charge in [0.2, 0.25) is 0 Å². The normalized spacial score (nSPS) is 27.2. The van der Waals surface area contributed by atoms with Crippen molar-refractivity contribution in [1.82, 2.24) is 0 Å². The van der Waals surface area contributed by atoms with Gasteiger partial charge in [0.15, 0.2) is 0 Å². The molecule has 2 N–H and O–H groups in total. The minimum atomic E-state index is 0.153. The Hall–Kier alpha value is 0.140. The van der Waals surface area contributed by atoms with Gasteiger partial charge in [-0.1, -0.05) is 0 Å². The van der Waals surface area contributed by atoms with E-state index in [0.29, 0.717) is 5.41 Å². The Kier molecular flexibility index (Phi) is 1.55. The van der Waals surface area contributed by atoms with Crippen LogP contribution in [-0.4, -0.2) is 5.54 Å². The van der Waals surface area contributed by atoms with Crippen molar-refractivity contribution in [3.8, 4) is 0 Å². The zero-order valence-corrected chi connectivity index (χ0v) is 9.75. The zero-order valence-electron chi connectivity index (χ0n) is 7.35. The smallest absolute Gasteiger partial charge is 0.0320 e. The molecule has 3 heteroatoms. The number of halogens is 1. The van der Waals surface area contributed by atoms with Gasteiger partial charge in [0, 0.05) is 20.3 Å². The highest BCUT2D eigenvalue weighted by Gasteiger charge is 2.65. The highest BCUT2D eigenvalue weighted by Crippen LogP contribution is 2.65. The number of hydrogen-bond acceptors (Lipinski definition) is 2. The van der Waals surface area contributed by atoms with E-state index < -0.39 is 0 Å². The molecular weight excluding hydrogens is 246 g/mol. The maximum Gasteiger partial charge on any atom is 0.0320 e. The molecule has 0 aromatic carbocycles. The van der Waals surface area contributed by atoms with Crippen molar-refractivity contribution in [1.29, 1.82) is 0 Å². The quantitative estimate of drug-likeness (QED) is 0.866. The Morgan fingerprint density at radius 1 is 1.31 bits per heavy atom. The van der Waals surface area contributed by atoms with Gasteiger partial charge >= 0.3 is 0 Å². The SMILES string of the molecule is NC1(C2(c3sccc3Br)CC2)CC1. The van der Waals surface area contributed by atoms with Crippen molar-refractivity contribution < 1.29 is 0 Å².